The average molecular weight is 284 g/mol. The molecule has 0 aliphatic carbocycles. The molecule has 0 aromatic heterocycles. The van der Waals surface area contributed by atoms with E-state index in [1.807, 2.05) is 0 Å². The normalized spacial score (nSPS) is 11.0. The molecule has 2 amide bonds. The number of halogens is 3. The number of alkyl halides is 3. The predicted molar refractivity (Wildman–Crippen MR) is 58.2 cm³/mol. The van der Waals surface area contributed by atoms with Gasteiger partial charge < -0.3 is 14.9 Å². The van der Waals surface area contributed by atoms with Gasteiger partial charge in [-0.3, -0.25) is 14.4 Å². The maximum absolute atomic E-state index is 12.0. The van der Waals surface area contributed by atoms with Crippen LogP contribution in [0.3, 0.4) is 0 Å². The first-order valence-electron chi connectivity index (χ1n) is 5.33. The van der Waals surface area contributed by atoms with Gasteiger partial charge in [0.2, 0.25) is 5.91 Å². The van der Waals surface area contributed by atoms with E-state index in [1.165, 1.54) is 7.05 Å². The van der Waals surface area contributed by atoms with Crippen molar-refractivity contribution >= 4 is 17.8 Å². The predicted octanol–water partition coefficient (Wildman–Crippen LogP) is 0.330. The van der Waals surface area contributed by atoms with E-state index in [4.69, 9.17) is 5.11 Å². The molecule has 110 valence electrons. The summed E-state index contributed by atoms with van der Waals surface area (Å²) in [7, 11) is 2.29. The number of hydrogen-bond donors (Lipinski definition) is 1. The molecule has 0 fully saturated rings. The van der Waals surface area contributed by atoms with E-state index in [2.05, 4.69) is 0 Å². The minimum Gasteiger partial charge on any atom is -0.481 e. The van der Waals surface area contributed by atoms with E-state index in [0.29, 0.717) is 4.90 Å². The maximum atomic E-state index is 12.0. The molecule has 0 unspecified atom stereocenters. The second-order valence-corrected chi connectivity index (χ2v) is 3.93. The van der Waals surface area contributed by atoms with Gasteiger partial charge in [-0.1, -0.05) is 0 Å². The van der Waals surface area contributed by atoms with Crippen LogP contribution in [-0.2, 0) is 14.4 Å². The largest absolute Gasteiger partial charge is 0.481 e. The first-order chi connectivity index (χ1) is 8.55. The molecule has 0 aliphatic heterocycles. The zero-order valence-corrected chi connectivity index (χ0v) is 10.5. The Morgan fingerprint density at radius 1 is 1.00 bits per heavy atom. The van der Waals surface area contributed by atoms with Crippen molar-refractivity contribution < 1.29 is 32.7 Å². The summed E-state index contributed by atoms with van der Waals surface area (Å²) in [6, 6.07) is 0. The van der Waals surface area contributed by atoms with E-state index in [0.717, 1.165) is 11.9 Å². The van der Waals surface area contributed by atoms with Crippen LogP contribution in [0.1, 0.15) is 12.8 Å². The third kappa shape index (κ3) is 6.63. The topological polar surface area (TPSA) is 77.9 Å². The summed E-state index contributed by atoms with van der Waals surface area (Å²) in [6.45, 7) is -0.417. The lowest BCUT2D eigenvalue weighted by Crippen LogP contribution is -2.40. The number of amides is 2. The van der Waals surface area contributed by atoms with Gasteiger partial charge in [0.25, 0.3) is 0 Å². The highest BCUT2D eigenvalue weighted by atomic mass is 19.4. The van der Waals surface area contributed by atoms with Crippen LogP contribution in [0.4, 0.5) is 13.2 Å². The monoisotopic (exact) mass is 284 g/mol. The fraction of sp³-hybridized carbons (Fsp3) is 0.700. The van der Waals surface area contributed by atoms with Gasteiger partial charge in [0.15, 0.2) is 0 Å². The van der Waals surface area contributed by atoms with Gasteiger partial charge in [-0.05, 0) is 0 Å². The highest BCUT2D eigenvalue weighted by Crippen LogP contribution is 2.17. The number of carboxylic acids is 1. The van der Waals surface area contributed by atoms with Crippen LogP contribution in [0.15, 0.2) is 0 Å². The Kier molecular flexibility index (Phi) is 6.30. The Hall–Kier alpha value is -1.80. The van der Waals surface area contributed by atoms with Gasteiger partial charge in [-0.25, -0.2) is 0 Å². The molecule has 0 saturated carbocycles. The molecule has 0 spiro atoms. The highest BCUT2D eigenvalue weighted by Gasteiger charge is 2.41. The van der Waals surface area contributed by atoms with Crippen molar-refractivity contribution in [3.05, 3.63) is 0 Å². The molecule has 0 aromatic carbocycles. The van der Waals surface area contributed by atoms with Crippen LogP contribution in [0.2, 0.25) is 0 Å². The zero-order valence-electron chi connectivity index (χ0n) is 10.5. The Morgan fingerprint density at radius 3 is 1.89 bits per heavy atom. The van der Waals surface area contributed by atoms with Crippen molar-refractivity contribution in [2.75, 3.05) is 27.2 Å². The van der Waals surface area contributed by atoms with Crippen molar-refractivity contribution in [1.82, 2.24) is 9.80 Å². The van der Waals surface area contributed by atoms with Crippen LogP contribution in [0, 0.1) is 0 Å². The van der Waals surface area contributed by atoms with Gasteiger partial charge in [0.1, 0.15) is 0 Å². The first kappa shape index (κ1) is 17.2. The van der Waals surface area contributed by atoms with Crippen LogP contribution in [-0.4, -0.2) is 66.1 Å². The molecule has 0 saturated heterocycles. The molecule has 6 nitrogen and oxygen atoms in total. The molecule has 0 atom stereocenters. The summed E-state index contributed by atoms with van der Waals surface area (Å²) in [5.74, 6) is -3.62. The number of carbonyl (C=O) groups is 3. The molecule has 0 aromatic rings. The summed E-state index contributed by atoms with van der Waals surface area (Å²) in [5, 5.41) is 8.41. The highest BCUT2D eigenvalue weighted by molar-refractivity contribution is 5.82. The van der Waals surface area contributed by atoms with Crippen molar-refractivity contribution in [2.45, 2.75) is 19.0 Å². The first-order valence-corrected chi connectivity index (χ1v) is 5.33. The van der Waals surface area contributed by atoms with Crippen LogP contribution >= 0.6 is 0 Å². The lowest BCUT2D eigenvalue weighted by molar-refractivity contribution is -0.184. The SMILES string of the molecule is CN(CCC(=O)O)C(=O)CCN(C)C(=O)C(F)(F)F. The summed E-state index contributed by atoms with van der Waals surface area (Å²) in [6.07, 6.45) is -5.51. The van der Waals surface area contributed by atoms with E-state index >= 15 is 0 Å². The smallest absolute Gasteiger partial charge is 0.471 e. The van der Waals surface area contributed by atoms with Gasteiger partial charge in [-0.2, -0.15) is 13.2 Å². The number of nitrogens with zero attached hydrogens (tertiary/aromatic N) is 2. The molecule has 0 radical (unpaired) electrons. The Morgan fingerprint density at radius 2 is 1.47 bits per heavy atom. The Bertz CT molecular complexity index is 357. The molecule has 19 heavy (non-hydrogen) atoms. The van der Waals surface area contributed by atoms with Gasteiger partial charge in [0.05, 0.1) is 6.42 Å². The maximum Gasteiger partial charge on any atom is 0.471 e. The quantitative estimate of drug-likeness (QED) is 0.762. The molecule has 0 rings (SSSR count). The van der Waals surface area contributed by atoms with E-state index in [-0.39, 0.29) is 25.9 Å². The fourth-order valence-corrected chi connectivity index (χ4v) is 1.16. The third-order valence-corrected chi connectivity index (χ3v) is 2.34. The standard InChI is InChI=1S/C10H15F3N2O4/c1-14(6-4-8(17)18)7(16)3-5-15(2)9(19)10(11,12)13/h3-6H2,1-2H3,(H,17,18). The van der Waals surface area contributed by atoms with Crippen molar-refractivity contribution in [1.29, 1.82) is 0 Å². The lowest BCUT2D eigenvalue weighted by Gasteiger charge is -2.20. The second-order valence-electron chi connectivity index (χ2n) is 3.93. The van der Waals surface area contributed by atoms with Crippen molar-refractivity contribution in [3.8, 4) is 0 Å². The minimum absolute atomic E-state index is 0.0366. The summed E-state index contributed by atoms with van der Waals surface area (Å²) in [5.41, 5.74) is 0. The second kappa shape index (κ2) is 6.95. The van der Waals surface area contributed by atoms with Gasteiger partial charge in [-0.15, -0.1) is 0 Å². The molecular formula is C10H15F3N2O4. The van der Waals surface area contributed by atoms with Crippen molar-refractivity contribution in [2.24, 2.45) is 0 Å². The molecular weight excluding hydrogens is 269 g/mol. The fourth-order valence-electron chi connectivity index (χ4n) is 1.16. The number of aliphatic carboxylic acids is 1. The molecule has 9 heteroatoms. The minimum atomic E-state index is -4.97. The molecule has 0 heterocycles. The van der Waals surface area contributed by atoms with Gasteiger partial charge in [0, 0.05) is 33.6 Å². The lowest BCUT2D eigenvalue weighted by atomic mass is 10.3. The zero-order chi connectivity index (χ0) is 15.2. The van der Waals surface area contributed by atoms with Crippen LogP contribution < -0.4 is 0 Å². The Balaban J connectivity index is 4.15. The number of carboxylic acid groups (broad SMARTS) is 1. The van der Waals surface area contributed by atoms with Gasteiger partial charge >= 0.3 is 18.1 Å². The van der Waals surface area contributed by atoms with E-state index in [1.54, 1.807) is 0 Å². The number of hydrogen-bond acceptors (Lipinski definition) is 3. The van der Waals surface area contributed by atoms with Crippen LogP contribution in [0.5, 0.6) is 0 Å². The third-order valence-electron chi connectivity index (χ3n) is 2.34. The number of rotatable bonds is 6. The van der Waals surface area contributed by atoms with E-state index < -0.39 is 24.0 Å². The summed E-state index contributed by atoms with van der Waals surface area (Å²) in [4.78, 5) is 34.0. The van der Waals surface area contributed by atoms with Crippen molar-refractivity contribution in [3.63, 3.8) is 0 Å². The number of carbonyl (C=O) groups excluding carboxylic acids is 2. The summed E-state index contributed by atoms with van der Waals surface area (Å²) < 4.78 is 36.1. The molecule has 0 bridgehead atoms. The molecule has 0 aliphatic rings. The summed E-state index contributed by atoms with van der Waals surface area (Å²) >= 11 is 0. The van der Waals surface area contributed by atoms with Crippen LogP contribution in [0.25, 0.3) is 0 Å². The molecule has 1 N–H and O–H groups in total. The average Bonchev–Trinajstić information content (AvgIpc) is 2.30. The Labute approximate surface area is 107 Å². The van der Waals surface area contributed by atoms with E-state index in [9.17, 15) is 27.6 Å².